The highest BCUT2D eigenvalue weighted by Gasteiger charge is 2.23. The first-order chi connectivity index (χ1) is 8.81. The number of halogens is 1. The smallest absolute Gasteiger partial charge is 0.242 e. The van der Waals surface area contributed by atoms with Crippen molar-refractivity contribution < 1.29 is 8.42 Å². The molecule has 1 aromatic carbocycles. The molecule has 4 nitrogen and oxygen atoms in total. The van der Waals surface area contributed by atoms with Gasteiger partial charge in [0.1, 0.15) is 4.90 Å². The fourth-order valence-corrected chi connectivity index (χ4v) is 3.85. The molecule has 0 aromatic heterocycles. The van der Waals surface area contributed by atoms with Gasteiger partial charge in [-0.1, -0.05) is 38.3 Å². The Morgan fingerprint density at radius 3 is 2.42 bits per heavy atom. The zero-order valence-corrected chi connectivity index (χ0v) is 13.1. The van der Waals surface area contributed by atoms with Gasteiger partial charge < -0.3 is 5.73 Å². The molecule has 0 aliphatic carbocycles. The minimum Gasteiger partial charge on any atom is -0.398 e. The molecule has 1 aromatic rings. The van der Waals surface area contributed by atoms with Crippen LogP contribution in [0.25, 0.3) is 0 Å². The molecule has 19 heavy (non-hydrogen) atoms. The molecular weight excluding hydrogens is 284 g/mol. The summed E-state index contributed by atoms with van der Waals surface area (Å²) in [5.74, 6) is 0.301. The van der Waals surface area contributed by atoms with Crippen LogP contribution in [-0.4, -0.2) is 14.5 Å². The van der Waals surface area contributed by atoms with Gasteiger partial charge >= 0.3 is 0 Å². The Morgan fingerprint density at radius 2 is 1.89 bits per heavy atom. The third-order valence-electron chi connectivity index (χ3n) is 3.36. The van der Waals surface area contributed by atoms with Crippen molar-refractivity contribution in [2.75, 3.05) is 5.73 Å². The molecule has 1 unspecified atom stereocenters. The molecular formula is C13H21ClN2O2S. The van der Waals surface area contributed by atoms with E-state index in [0.29, 0.717) is 10.9 Å². The lowest BCUT2D eigenvalue weighted by atomic mass is 9.96. The van der Waals surface area contributed by atoms with Crippen LogP contribution in [0.15, 0.2) is 23.1 Å². The lowest BCUT2D eigenvalue weighted by Gasteiger charge is -2.22. The standard InChI is InChI=1S/C13H21ClN2O2S/c1-4-10(5-2)9(3)16-19(17,18)13-8-11(14)6-7-12(13)15/h6-10,16H,4-5,15H2,1-3H3. The van der Waals surface area contributed by atoms with Crippen molar-refractivity contribution >= 4 is 27.3 Å². The van der Waals surface area contributed by atoms with Crippen LogP contribution in [-0.2, 0) is 10.0 Å². The van der Waals surface area contributed by atoms with E-state index in [1.165, 1.54) is 12.1 Å². The van der Waals surface area contributed by atoms with Crippen molar-refractivity contribution in [1.82, 2.24) is 4.72 Å². The Labute approximate surface area is 120 Å². The highest BCUT2D eigenvalue weighted by molar-refractivity contribution is 7.89. The molecule has 0 bridgehead atoms. The number of nitrogens with one attached hydrogen (secondary N) is 1. The van der Waals surface area contributed by atoms with E-state index in [4.69, 9.17) is 17.3 Å². The predicted molar refractivity (Wildman–Crippen MR) is 79.7 cm³/mol. The minimum absolute atomic E-state index is 0.0396. The van der Waals surface area contributed by atoms with Crippen molar-refractivity contribution in [2.24, 2.45) is 5.92 Å². The van der Waals surface area contributed by atoms with E-state index in [2.05, 4.69) is 4.72 Å². The first-order valence-corrected chi connectivity index (χ1v) is 8.25. The van der Waals surface area contributed by atoms with E-state index in [1.807, 2.05) is 20.8 Å². The lowest BCUT2D eigenvalue weighted by Crippen LogP contribution is -2.38. The second-order valence-corrected chi connectivity index (χ2v) is 6.79. The zero-order valence-electron chi connectivity index (χ0n) is 11.5. The highest BCUT2D eigenvalue weighted by Crippen LogP contribution is 2.24. The summed E-state index contributed by atoms with van der Waals surface area (Å²) in [6, 6.07) is 4.30. The van der Waals surface area contributed by atoms with E-state index in [0.717, 1.165) is 12.8 Å². The lowest BCUT2D eigenvalue weighted by molar-refractivity contribution is 0.391. The number of sulfonamides is 1. The van der Waals surface area contributed by atoms with Gasteiger partial charge in [0.15, 0.2) is 0 Å². The molecule has 0 fully saturated rings. The van der Waals surface area contributed by atoms with Gasteiger partial charge in [-0.15, -0.1) is 0 Å². The van der Waals surface area contributed by atoms with Crippen LogP contribution in [0.3, 0.4) is 0 Å². The Kier molecular flexibility index (Phi) is 5.64. The summed E-state index contributed by atoms with van der Waals surface area (Å²) in [6.07, 6.45) is 1.84. The molecule has 0 amide bonds. The highest BCUT2D eigenvalue weighted by atomic mass is 35.5. The Hall–Kier alpha value is -0.780. The summed E-state index contributed by atoms with van der Waals surface area (Å²) < 4.78 is 27.3. The van der Waals surface area contributed by atoms with Gasteiger partial charge in [-0.3, -0.25) is 0 Å². The largest absolute Gasteiger partial charge is 0.398 e. The first-order valence-electron chi connectivity index (χ1n) is 6.39. The molecule has 0 aliphatic rings. The fourth-order valence-electron chi connectivity index (χ4n) is 2.14. The summed E-state index contributed by atoms with van der Waals surface area (Å²) in [4.78, 5) is 0.0396. The average molecular weight is 305 g/mol. The Balaban J connectivity index is 3.01. The maximum absolute atomic E-state index is 12.3. The predicted octanol–water partition coefficient (Wildman–Crippen LogP) is 3.03. The number of benzene rings is 1. The summed E-state index contributed by atoms with van der Waals surface area (Å²) in [5, 5.41) is 0.352. The van der Waals surface area contributed by atoms with Crippen LogP contribution in [0.4, 0.5) is 5.69 Å². The maximum Gasteiger partial charge on any atom is 0.242 e. The third kappa shape index (κ3) is 4.09. The van der Waals surface area contributed by atoms with Crippen molar-refractivity contribution in [2.45, 2.75) is 44.6 Å². The van der Waals surface area contributed by atoms with E-state index in [-0.39, 0.29) is 16.6 Å². The topological polar surface area (TPSA) is 72.2 Å². The van der Waals surface area contributed by atoms with Crippen LogP contribution in [0, 0.1) is 5.92 Å². The molecule has 0 saturated carbocycles. The SMILES string of the molecule is CCC(CC)C(C)NS(=O)(=O)c1cc(Cl)ccc1N. The molecule has 0 spiro atoms. The molecule has 6 heteroatoms. The molecule has 0 heterocycles. The van der Waals surface area contributed by atoms with Crippen LogP contribution in [0.1, 0.15) is 33.6 Å². The zero-order chi connectivity index (χ0) is 14.6. The summed E-state index contributed by atoms with van der Waals surface area (Å²) in [7, 11) is -3.64. The van der Waals surface area contributed by atoms with Crippen molar-refractivity contribution in [1.29, 1.82) is 0 Å². The molecule has 0 aliphatic heterocycles. The summed E-state index contributed by atoms with van der Waals surface area (Å²) in [6.45, 7) is 5.97. The number of nitrogen functional groups attached to an aromatic ring is 1. The van der Waals surface area contributed by atoms with Crippen molar-refractivity contribution in [3.05, 3.63) is 23.2 Å². The summed E-state index contributed by atoms with van der Waals surface area (Å²) in [5.41, 5.74) is 5.92. The van der Waals surface area contributed by atoms with E-state index in [9.17, 15) is 8.42 Å². The average Bonchev–Trinajstić information content (AvgIpc) is 2.33. The Morgan fingerprint density at radius 1 is 1.32 bits per heavy atom. The fraction of sp³-hybridized carbons (Fsp3) is 0.538. The van der Waals surface area contributed by atoms with Crippen LogP contribution in [0.2, 0.25) is 5.02 Å². The van der Waals surface area contributed by atoms with E-state index < -0.39 is 10.0 Å². The van der Waals surface area contributed by atoms with Crippen molar-refractivity contribution in [3.63, 3.8) is 0 Å². The van der Waals surface area contributed by atoms with E-state index in [1.54, 1.807) is 6.07 Å². The molecule has 3 N–H and O–H groups in total. The monoisotopic (exact) mass is 304 g/mol. The van der Waals surface area contributed by atoms with Gasteiger partial charge in [-0.25, -0.2) is 13.1 Å². The summed E-state index contributed by atoms with van der Waals surface area (Å²) >= 11 is 5.83. The normalized spacial score (nSPS) is 13.7. The number of nitrogens with two attached hydrogens (primary N) is 1. The van der Waals surface area contributed by atoms with Gasteiger partial charge in [0.05, 0.1) is 5.69 Å². The quantitative estimate of drug-likeness (QED) is 0.793. The molecule has 0 saturated heterocycles. The second kappa shape index (κ2) is 6.59. The van der Waals surface area contributed by atoms with Gasteiger partial charge in [-0.05, 0) is 31.0 Å². The van der Waals surface area contributed by atoms with Crippen LogP contribution >= 0.6 is 11.6 Å². The Bertz CT molecular complexity index is 527. The van der Waals surface area contributed by atoms with Gasteiger partial charge in [0, 0.05) is 11.1 Å². The van der Waals surface area contributed by atoms with Crippen LogP contribution < -0.4 is 10.5 Å². The molecule has 108 valence electrons. The molecule has 0 radical (unpaired) electrons. The number of hydrogen-bond acceptors (Lipinski definition) is 3. The second-order valence-electron chi connectivity index (χ2n) is 4.67. The van der Waals surface area contributed by atoms with E-state index >= 15 is 0 Å². The maximum atomic E-state index is 12.3. The molecule has 1 rings (SSSR count). The third-order valence-corrected chi connectivity index (χ3v) is 5.21. The van der Waals surface area contributed by atoms with Gasteiger partial charge in [0.2, 0.25) is 10.0 Å². The van der Waals surface area contributed by atoms with Gasteiger partial charge in [-0.2, -0.15) is 0 Å². The molecule has 1 atom stereocenters. The van der Waals surface area contributed by atoms with Crippen molar-refractivity contribution in [3.8, 4) is 0 Å². The number of hydrogen-bond donors (Lipinski definition) is 2. The van der Waals surface area contributed by atoms with Gasteiger partial charge in [0.25, 0.3) is 0 Å². The number of anilines is 1. The minimum atomic E-state index is -3.64. The number of rotatable bonds is 6. The van der Waals surface area contributed by atoms with Crippen LogP contribution in [0.5, 0.6) is 0 Å². The first kappa shape index (κ1) is 16.3.